The summed E-state index contributed by atoms with van der Waals surface area (Å²) < 4.78 is 6.92. The van der Waals surface area contributed by atoms with E-state index in [1.807, 2.05) is 93.6 Å². The summed E-state index contributed by atoms with van der Waals surface area (Å²) in [5, 5.41) is 11.5. The number of carbonyl (C=O) groups is 1. The van der Waals surface area contributed by atoms with Crippen LogP contribution in [0.4, 0.5) is 5.69 Å². The molecule has 0 spiro atoms. The van der Waals surface area contributed by atoms with Crippen molar-refractivity contribution in [1.82, 2.24) is 14.9 Å². The van der Waals surface area contributed by atoms with Gasteiger partial charge in [-0.2, -0.15) is 0 Å². The summed E-state index contributed by atoms with van der Waals surface area (Å²) in [7, 11) is 0. The summed E-state index contributed by atoms with van der Waals surface area (Å²) in [6.45, 7) is 6.50. The van der Waals surface area contributed by atoms with Crippen molar-refractivity contribution in [1.29, 1.82) is 0 Å². The molecule has 0 aliphatic carbocycles. The molecule has 4 rings (SSSR count). The number of hydrogen-bond donors (Lipinski definition) is 2. The highest BCUT2D eigenvalue weighted by molar-refractivity contribution is 8.00. The minimum atomic E-state index is -0.569. The van der Waals surface area contributed by atoms with Crippen LogP contribution in [0.2, 0.25) is 0 Å². The number of benzene rings is 3. The smallest absolute Gasteiger partial charge is 0.242 e. The van der Waals surface area contributed by atoms with Crippen LogP contribution in [0, 0.1) is 13.8 Å². The van der Waals surface area contributed by atoms with Crippen molar-refractivity contribution in [3.05, 3.63) is 89.5 Å². The molecular formula is C26H27N5O2S. The lowest BCUT2D eigenvalue weighted by Crippen LogP contribution is -2.21. The zero-order chi connectivity index (χ0) is 24.1. The van der Waals surface area contributed by atoms with Crippen molar-refractivity contribution < 1.29 is 9.53 Å². The Labute approximate surface area is 203 Å². The van der Waals surface area contributed by atoms with E-state index in [2.05, 4.69) is 15.5 Å². The van der Waals surface area contributed by atoms with Crippen LogP contribution in [0.15, 0.2) is 78.0 Å². The number of thioether (sulfide) groups is 1. The van der Waals surface area contributed by atoms with E-state index in [1.165, 1.54) is 16.4 Å². The van der Waals surface area contributed by atoms with Crippen LogP contribution in [0.3, 0.4) is 0 Å². The third-order valence-corrected chi connectivity index (χ3v) is 6.51. The summed E-state index contributed by atoms with van der Waals surface area (Å²) in [4.78, 5) is 13.4. The molecule has 3 aromatic carbocycles. The van der Waals surface area contributed by atoms with E-state index in [0.29, 0.717) is 17.6 Å². The van der Waals surface area contributed by atoms with Gasteiger partial charge in [0.15, 0.2) is 5.82 Å². The summed E-state index contributed by atoms with van der Waals surface area (Å²) in [6, 6.07) is 23.1. The van der Waals surface area contributed by atoms with Crippen molar-refractivity contribution in [3.8, 4) is 17.1 Å². The quantitative estimate of drug-likeness (QED) is 0.272. The Kier molecular flexibility index (Phi) is 7.18. The maximum absolute atomic E-state index is 13.4. The van der Waals surface area contributed by atoms with Gasteiger partial charge < -0.3 is 15.9 Å². The number of anilines is 1. The van der Waals surface area contributed by atoms with Gasteiger partial charge in [0.1, 0.15) is 11.0 Å². The second kappa shape index (κ2) is 10.4. The lowest BCUT2D eigenvalue weighted by Gasteiger charge is -2.17. The highest BCUT2D eigenvalue weighted by Crippen LogP contribution is 2.36. The van der Waals surface area contributed by atoms with E-state index >= 15 is 0 Å². The van der Waals surface area contributed by atoms with Crippen LogP contribution in [0.1, 0.15) is 28.9 Å². The minimum Gasteiger partial charge on any atom is -0.494 e. The Balaban J connectivity index is 1.61. The van der Waals surface area contributed by atoms with Gasteiger partial charge in [-0.15, -0.1) is 10.2 Å². The number of hydrogen-bond acceptors (Lipinski definition) is 6. The Hall–Kier alpha value is -3.78. The average Bonchev–Trinajstić information content (AvgIpc) is 3.21. The topological polar surface area (TPSA) is 95.1 Å². The standard InChI is InChI=1S/C26H27N5O2S/c1-4-33-21-14-12-20(13-15-21)24-29-30-26(31(24)27)34-23(19-8-6-5-7-9-19)25(32)28-22-16-17(2)10-11-18(22)3/h5-16,23H,4,27H2,1-3H3,(H,28,32)/t23-/m0/s1. The normalized spacial score (nSPS) is 11.7. The highest BCUT2D eigenvalue weighted by atomic mass is 32.2. The molecule has 0 radical (unpaired) electrons. The number of carbonyl (C=O) groups excluding carboxylic acids is 1. The van der Waals surface area contributed by atoms with E-state index in [4.69, 9.17) is 10.6 Å². The number of nitrogens with zero attached hydrogens (tertiary/aromatic N) is 3. The molecule has 1 atom stereocenters. The average molecular weight is 474 g/mol. The van der Waals surface area contributed by atoms with Crippen LogP contribution in [0.25, 0.3) is 11.4 Å². The van der Waals surface area contributed by atoms with E-state index in [0.717, 1.165) is 33.7 Å². The number of amides is 1. The molecule has 0 saturated carbocycles. The van der Waals surface area contributed by atoms with Gasteiger partial charge in [-0.05, 0) is 67.8 Å². The van der Waals surface area contributed by atoms with Crippen LogP contribution < -0.4 is 15.9 Å². The highest BCUT2D eigenvalue weighted by Gasteiger charge is 2.26. The number of aromatic nitrogens is 3. The van der Waals surface area contributed by atoms with Gasteiger partial charge in [0.25, 0.3) is 0 Å². The first-order valence-corrected chi connectivity index (χ1v) is 11.9. The van der Waals surface area contributed by atoms with Crippen LogP contribution in [-0.2, 0) is 4.79 Å². The molecule has 34 heavy (non-hydrogen) atoms. The fourth-order valence-corrected chi connectivity index (χ4v) is 4.45. The zero-order valence-electron chi connectivity index (χ0n) is 19.4. The molecule has 0 fully saturated rings. The number of nitrogens with one attached hydrogen (secondary N) is 1. The van der Waals surface area contributed by atoms with Crippen molar-refractivity contribution >= 4 is 23.4 Å². The second-order valence-electron chi connectivity index (χ2n) is 7.85. The molecule has 1 heterocycles. The van der Waals surface area contributed by atoms with Crippen LogP contribution in [0.5, 0.6) is 5.75 Å². The molecule has 8 heteroatoms. The molecule has 7 nitrogen and oxygen atoms in total. The largest absolute Gasteiger partial charge is 0.494 e. The monoisotopic (exact) mass is 473 g/mol. The lowest BCUT2D eigenvalue weighted by atomic mass is 10.1. The number of ether oxygens (including phenoxy) is 1. The first-order chi connectivity index (χ1) is 16.5. The van der Waals surface area contributed by atoms with Gasteiger partial charge in [0, 0.05) is 11.3 Å². The number of nitrogens with two attached hydrogens (primary N) is 1. The van der Waals surface area contributed by atoms with Crippen molar-refractivity contribution in [3.63, 3.8) is 0 Å². The third-order valence-electron chi connectivity index (χ3n) is 5.30. The molecule has 1 amide bonds. The van der Waals surface area contributed by atoms with Gasteiger partial charge in [-0.1, -0.05) is 54.2 Å². The Bertz CT molecular complexity index is 1270. The fraction of sp³-hybridized carbons (Fsp3) is 0.192. The summed E-state index contributed by atoms with van der Waals surface area (Å²) >= 11 is 1.26. The van der Waals surface area contributed by atoms with Gasteiger partial charge in [-0.25, -0.2) is 4.68 Å². The maximum Gasteiger partial charge on any atom is 0.242 e. The molecular weight excluding hydrogens is 446 g/mol. The molecule has 4 aromatic rings. The number of aryl methyl sites for hydroxylation is 2. The second-order valence-corrected chi connectivity index (χ2v) is 8.92. The Morgan fingerprint density at radius 1 is 1.06 bits per heavy atom. The van der Waals surface area contributed by atoms with Crippen LogP contribution >= 0.6 is 11.8 Å². The van der Waals surface area contributed by atoms with Crippen molar-refractivity contribution in [2.24, 2.45) is 0 Å². The van der Waals surface area contributed by atoms with Gasteiger partial charge in [0.05, 0.1) is 6.61 Å². The van der Waals surface area contributed by atoms with Crippen LogP contribution in [-0.4, -0.2) is 27.4 Å². The molecule has 0 unspecified atom stereocenters. The summed E-state index contributed by atoms with van der Waals surface area (Å²) in [5.41, 5.74) is 4.51. The summed E-state index contributed by atoms with van der Waals surface area (Å²) in [5.74, 6) is 7.49. The van der Waals surface area contributed by atoms with E-state index in [9.17, 15) is 4.79 Å². The predicted molar refractivity (Wildman–Crippen MR) is 136 cm³/mol. The van der Waals surface area contributed by atoms with Gasteiger partial charge >= 0.3 is 0 Å². The Morgan fingerprint density at radius 3 is 2.50 bits per heavy atom. The molecule has 1 aromatic heterocycles. The predicted octanol–water partition coefficient (Wildman–Crippen LogP) is 5.15. The minimum absolute atomic E-state index is 0.157. The number of nitrogen functional groups attached to an aromatic ring is 1. The third kappa shape index (κ3) is 5.23. The first-order valence-electron chi connectivity index (χ1n) is 11.0. The van der Waals surface area contributed by atoms with E-state index in [-0.39, 0.29) is 5.91 Å². The molecule has 0 aliphatic rings. The zero-order valence-corrected chi connectivity index (χ0v) is 20.2. The SMILES string of the molecule is CCOc1ccc(-c2nnc(S[C@H](C(=O)Nc3cc(C)ccc3C)c3ccccc3)n2N)cc1. The van der Waals surface area contributed by atoms with Gasteiger partial charge in [0.2, 0.25) is 11.1 Å². The molecule has 0 saturated heterocycles. The molecule has 3 N–H and O–H groups in total. The first kappa shape index (κ1) is 23.4. The number of rotatable bonds is 8. The molecule has 0 aliphatic heterocycles. The summed E-state index contributed by atoms with van der Waals surface area (Å²) in [6.07, 6.45) is 0. The maximum atomic E-state index is 13.4. The Morgan fingerprint density at radius 2 is 1.79 bits per heavy atom. The molecule has 174 valence electrons. The van der Waals surface area contributed by atoms with E-state index < -0.39 is 5.25 Å². The fourth-order valence-electron chi connectivity index (χ4n) is 3.50. The van der Waals surface area contributed by atoms with E-state index in [1.54, 1.807) is 0 Å². The van der Waals surface area contributed by atoms with Crippen molar-refractivity contribution in [2.75, 3.05) is 17.8 Å². The molecule has 0 bridgehead atoms. The lowest BCUT2D eigenvalue weighted by molar-refractivity contribution is -0.115. The van der Waals surface area contributed by atoms with Gasteiger partial charge in [-0.3, -0.25) is 4.79 Å². The van der Waals surface area contributed by atoms with Crippen molar-refractivity contribution in [2.45, 2.75) is 31.2 Å².